The number of hydrogen-bond donors (Lipinski definition) is 2. The summed E-state index contributed by atoms with van der Waals surface area (Å²) < 4.78 is 1.38. The summed E-state index contributed by atoms with van der Waals surface area (Å²) in [5.41, 5.74) is 1.79. The first-order valence-corrected chi connectivity index (χ1v) is 14.8. The van der Waals surface area contributed by atoms with Crippen LogP contribution in [0.15, 0.2) is 45.6 Å². The largest absolute Gasteiger partial charge is 0.480 e. The van der Waals surface area contributed by atoms with E-state index in [1.54, 1.807) is 30.3 Å². The number of thiazole rings is 1. The first-order chi connectivity index (χ1) is 18.3. The molecule has 2 N–H and O–H groups in total. The Morgan fingerprint density at radius 3 is 2.53 bits per heavy atom. The zero-order valence-corrected chi connectivity index (χ0v) is 22.3. The minimum atomic E-state index is -0.947. The molecule has 0 radical (unpaired) electrons. The van der Waals surface area contributed by atoms with Crippen LogP contribution in [0.25, 0.3) is 10.2 Å². The molecule has 1 aliphatic carbocycles. The van der Waals surface area contributed by atoms with Gasteiger partial charge in [0.05, 0.1) is 42.9 Å². The highest BCUT2D eigenvalue weighted by Crippen LogP contribution is 2.44. The maximum Gasteiger partial charge on any atom is 0.321 e. The lowest BCUT2D eigenvalue weighted by Crippen LogP contribution is -2.33. The number of nitro groups is 1. The number of aromatic nitrogens is 1. The van der Waals surface area contributed by atoms with Crippen LogP contribution in [0.4, 0.5) is 11.4 Å². The molecular weight excluding hydrogens is 548 g/mol. The van der Waals surface area contributed by atoms with E-state index < -0.39 is 16.9 Å². The van der Waals surface area contributed by atoms with Crippen LogP contribution in [0.1, 0.15) is 36.6 Å². The molecule has 3 aromatic rings. The van der Waals surface area contributed by atoms with Gasteiger partial charge in [0.25, 0.3) is 5.69 Å². The van der Waals surface area contributed by atoms with E-state index >= 15 is 0 Å². The molecule has 3 fully saturated rings. The number of nitrogens with zero attached hydrogens (tertiary/aromatic N) is 3. The minimum Gasteiger partial charge on any atom is -0.480 e. The number of nitro benzene ring substituents is 1. The highest BCUT2D eigenvalue weighted by Gasteiger charge is 2.48. The fraction of sp³-hybridized carbons (Fsp3) is 0.360. The van der Waals surface area contributed by atoms with Gasteiger partial charge in [0.2, 0.25) is 11.8 Å². The number of carbonyl (C=O) groups excluding carboxylic acids is 2. The maximum absolute atomic E-state index is 13.0. The van der Waals surface area contributed by atoms with Crippen molar-refractivity contribution < 1.29 is 24.4 Å². The van der Waals surface area contributed by atoms with Crippen molar-refractivity contribution in [3.05, 3.63) is 52.1 Å². The number of carbonyl (C=O) groups is 3. The Kier molecular flexibility index (Phi) is 6.62. The second-order valence-corrected chi connectivity index (χ2v) is 13.0. The molecule has 13 heteroatoms. The molecule has 2 saturated heterocycles. The normalized spacial score (nSPS) is 25.2. The van der Waals surface area contributed by atoms with E-state index in [9.17, 15) is 29.6 Å². The summed E-state index contributed by atoms with van der Waals surface area (Å²) in [6.45, 7) is 0. The summed E-state index contributed by atoms with van der Waals surface area (Å²) in [6.07, 6.45) is 3.44. The number of thioether (sulfide) groups is 1. The summed E-state index contributed by atoms with van der Waals surface area (Å²) >= 11 is 3.92. The van der Waals surface area contributed by atoms with Crippen molar-refractivity contribution in [1.82, 2.24) is 10.3 Å². The molecule has 3 heterocycles. The summed E-state index contributed by atoms with van der Waals surface area (Å²) in [7, 11) is 0. The van der Waals surface area contributed by atoms with Gasteiger partial charge in [-0.15, -0.1) is 23.1 Å². The molecule has 2 aromatic carbocycles. The van der Waals surface area contributed by atoms with Gasteiger partial charge in [-0.1, -0.05) is 30.7 Å². The number of rotatable bonds is 6. The SMILES string of the molecule is O=C(O)[C@@H]1CS[C@@H](c2ccc(Sc3nc4ccc(N5C(=O)[C@H]6CCCC[C@H]6C5=O)cc4s3)c([N+](=O)[O-])c2)N1. The fourth-order valence-corrected chi connectivity index (χ4v) is 8.68. The number of nitrogens with one attached hydrogen (secondary N) is 1. The van der Waals surface area contributed by atoms with Gasteiger partial charge < -0.3 is 5.11 Å². The first kappa shape index (κ1) is 25.3. The molecule has 0 bridgehead atoms. The highest BCUT2D eigenvalue weighted by molar-refractivity contribution is 8.01. The van der Waals surface area contributed by atoms with Crippen molar-refractivity contribution >= 4 is 74.2 Å². The average Bonchev–Trinajstić information content (AvgIpc) is 3.61. The Balaban J connectivity index is 1.25. The molecule has 38 heavy (non-hydrogen) atoms. The first-order valence-electron chi connectivity index (χ1n) is 12.1. The van der Waals surface area contributed by atoms with Crippen LogP contribution in [0, 0.1) is 22.0 Å². The number of carboxylic acid groups (broad SMARTS) is 1. The second kappa shape index (κ2) is 9.95. The third-order valence-corrected chi connectivity index (χ3v) is 10.6. The Bertz CT molecular complexity index is 1470. The van der Waals surface area contributed by atoms with Gasteiger partial charge in [-0.2, -0.15) is 0 Å². The Labute approximate surface area is 229 Å². The number of anilines is 1. The molecule has 0 unspecified atom stereocenters. The van der Waals surface area contributed by atoms with Crippen LogP contribution < -0.4 is 10.2 Å². The van der Waals surface area contributed by atoms with E-state index in [0.717, 1.165) is 30.4 Å². The summed E-state index contributed by atoms with van der Waals surface area (Å²) in [6, 6.07) is 9.51. The Morgan fingerprint density at radius 1 is 1.13 bits per heavy atom. The van der Waals surface area contributed by atoms with Crippen molar-refractivity contribution in [1.29, 1.82) is 0 Å². The Morgan fingerprint density at radius 2 is 1.87 bits per heavy atom. The van der Waals surface area contributed by atoms with E-state index in [2.05, 4.69) is 10.3 Å². The molecule has 0 spiro atoms. The second-order valence-electron chi connectivity index (χ2n) is 9.50. The van der Waals surface area contributed by atoms with Crippen LogP contribution in [0.5, 0.6) is 0 Å². The number of benzene rings is 2. The van der Waals surface area contributed by atoms with E-state index in [1.165, 1.54) is 45.8 Å². The zero-order chi connectivity index (χ0) is 26.6. The molecule has 4 atom stereocenters. The van der Waals surface area contributed by atoms with Gasteiger partial charge >= 0.3 is 5.97 Å². The van der Waals surface area contributed by atoms with Gasteiger partial charge in [0.15, 0.2) is 4.34 Å². The highest BCUT2D eigenvalue weighted by atomic mass is 32.2. The predicted octanol–water partition coefficient (Wildman–Crippen LogP) is 4.82. The van der Waals surface area contributed by atoms with Gasteiger partial charge in [-0.25, -0.2) is 4.98 Å². The van der Waals surface area contributed by atoms with Gasteiger partial charge in [-0.05, 0) is 42.7 Å². The van der Waals surface area contributed by atoms with Crippen molar-refractivity contribution in [2.75, 3.05) is 10.7 Å². The molecule has 196 valence electrons. The molecule has 3 aliphatic rings. The van der Waals surface area contributed by atoms with Crippen molar-refractivity contribution in [2.45, 2.75) is 46.3 Å². The lowest BCUT2D eigenvalue weighted by Gasteiger charge is -2.19. The quantitative estimate of drug-likeness (QED) is 0.240. The van der Waals surface area contributed by atoms with E-state index in [4.69, 9.17) is 0 Å². The predicted molar refractivity (Wildman–Crippen MR) is 145 cm³/mol. The molecule has 2 amide bonds. The minimum absolute atomic E-state index is 0.0792. The zero-order valence-electron chi connectivity index (χ0n) is 19.9. The Hall–Kier alpha value is -3.00. The number of carboxylic acids is 1. The fourth-order valence-electron chi connectivity index (χ4n) is 5.32. The number of aliphatic carboxylic acids is 1. The molecule has 10 nitrogen and oxygen atoms in total. The number of hydrogen-bond acceptors (Lipinski definition) is 10. The summed E-state index contributed by atoms with van der Waals surface area (Å²) in [5, 5.41) is 23.7. The van der Waals surface area contributed by atoms with Crippen molar-refractivity contribution in [3.8, 4) is 0 Å². The van der Waals surface area contributed by atoms with Crippen LogP contribution in [-0.4, -0.2) is 44.6 Å². The lowest BCUT2D eigenvalue weighted by molar-refractivity contribution is -0.387. The lowest BCUT2D eigenvalue weighted by atomic mass is 9.81. The molecular formula is C25H22N4O6S3. The van der Waals surface area contributed by atoms with Gasteiger partial charge in [-0.3, -0.25) is 34.7 Å². The van der Waals surface area contributed by atoms with Crippen LogP contribution in [-0.2, 0) is 14.4 Å². The van der Waals surface area contributed by atoms with Crippen LogP contribution >= 0.6 is 34.9 Å². The van der Waals surface area contributed by atoms with E-state index in [1.807, 2.05) is 0 Å². The van der Waals surface area contributed by atoms with Crippen LogP contribution in [0.2, 0.25) is 0 Å². The topological polar surface area (TPSA) is 143 Å². The number of amides is 2. The molecule has 2 aliphatic heterocycles. The smallest absolute Gasteiger partial charge is 0.321 e. The van der Waals surface area contributed by atoms with Crippen molar-refractivity contribution in [3.63, 3.8) is 0 Å². The average molecular weight is 571 g/mol. The maximum atomic E-state index is 13.0. The molecule has 6 rings (SSSR count). The summed E-state index contributed by atoms with van der Waals surface area (Å²) in [5.74, 6) is -1.27. The standard InChI is InChI=1S/C25H22N4O6S3/c30-22-14-3-1-2-4-15(14)23(31)28(22)13-6-7-16-20(10-13)38-25(27-16)37-19-8-5-12(9-18(19)29(34)35)21-26-17(11-36-21)24(32)33/h5-10,14-15,17,21,26H,1-4,11H2,(H,32,33)/t14-,15+,17-,21-/m0/s1. The third kappa shape index (κ3) is 4.46. The monoisotopic (exact) mass is 570 g/mol. The van der Waals surface area contributed by atoms with E-state index in [0.29, 0.717) is 31.8 Å². The molecule has 1 aromatic heterocycles. The van der Waals surface area contributed by atoms with Gasteiger partial charge in [0, 0.05) is 11.8 Å². The van der Waals surface area contributed by atoms with Gasteiger partial charge in [0.1, 0.15) is 6.04 Å². The number of fused-ring (bicyclic) bond motifs is 2. The van der Waals surface area contributed by atoms with E-state index in [-0.39, 0.29) is 34.7 Å². The number of imide groups is 1. The van der Waals surface area contributed by atoms with Crippen molar-refractivity contribution in [2.24, 2.45) is 11.8 Å². The van der Waals surface area contributed by atoms with Crippen LogP contribution in [0.3, 0.4) is 0 Å². The summed E-state index contributed by atoms with van der Waals surface area (Å²) in [4.78, 5) is 55.0. The molecule has 1 saturated carbocycles. The third-order valence-electron chi connectivity index (χ3n) is 7.21.